The highest BCUT2D eigenvalue weighted by atomic mass is 16.2. The average molecular weight is 216 g/mol. The summed E-state index contributed by atoms with van der Waals surface area (Å²) < 4.78 is 1.41. The summed E-state index contributed by atoms with van der Waals surface area (Å²) in [5.41, 5.74) is 4.45. The Kier molecular flexibility index (Phi) is 2.95. The highest BCUT2D eigenvalue weighted by molar-refractivity contribution is 5.99. The number of aryl methyl sites for hydroxylation is 1. The van der Waals surface area contributed by atoms with E-state index in [0.717, 1.165) is 6.42 Å². The minimum atomic E-state index is -0.178. The van der Waals surface area contributed by atoms with E-state index in [2.05, 4.69) is 22.5 Å². The van der Waals surface area contributed by atoms with Crippen molar-refractivity contribution in [1.82, 2.24) is 14.9 Å². The van der Waals surface area contributed by atoms with Crippen LogP contribution in [0.3, 0.4) is 0 Å². The number of carbonyl (C=O) groups excluding carboxylic acids is 1. The van der Waals surface area contributed by atoms with Crippen molar-refractivity contribution >= 4 is 5.91 Å². The second-order valence-corrected chi connectivity index (χ2v) is 3.36. The topological polar surface area (TPSA) is 59.8 Å². The molecule has 1 N–H and O–H groups in total. The van der Waals surface area contributed by atoms with E-state index >= 15 is 0 Å². The highest BCUT2D eigenvalue weighted by Gasteiger charge is 2.04. The Morgan fingerprint density at radius 3 is 2.44 bits per heavy atom. The van der Waals surface area contributed by atoms with Crippen LogP contribution in [0.15, 0.2) is 36.9 Å². The first-order chi connectivity index (χ1) is 7.79. The van der Waals surface area contributed by atoms with Gasteiger partial charge in [0, 0.05) is 5.56 Å². The molecule has 0 spiro atoms. The van der Waals surface area contributed by atoms with Gasteiger partial charge in [-0.1, -0.05) is 19.1 Å². The van der Waals surface area contributed by atoms with E-state index in [1.54, 1.807) is 12.1 Å². The molecule has 0 aliphatic rings. The van der Waals surface area contributed by atoms with E-state index in [9.17, 15) is 4.79 Å². The third-order valence-electron chi connectivity index (χ3n) is 2.27. The Bertz CT molecular complexity index is 461. The van der Waals surface area contributed by atoms with Gasteiger partial charge in [-0.15, -0.1) is 10.2 Å². The molecule has 0 fully saturated rings. The van der Waals surface area contributed by atoms with Crippen LogP contribution in [0.25, 0.3) is 0 Å². The third kappa shape index (κ3) is 2.25. The summed E-state index contributed by atoms with van der Waals surface area (Å²) in [6.07, 6.45) is 3.82. The number of nitrogens with one attached hydrogen (secondary N) is 1. The molecule has 1 heterocycles. The number of hydrogen-bond donors (Lipinski definition) is 1. The normalized spacial score (nSPS) is 10.1. The molecule has 1 aromatic carbocycles. The molecule has 1 amide bonds. The molecular weight excluding hydrogens is 204 g/mol. The molecule has 0 saturated carbocycles. The van der Waals surface area contributed by atoms with E-state index in [1.807, 2.05) is 12.1 Å². The zero-order chi connectivity index (χ0) is 11.4. The van der Waals surface area contributed by atoms with E-state index in [0.29, 0.717) is 5.56 Å². The standard InChI is InChI=1S/C11H12N4O/c1-2-9-3-5-10(6-4-9)11(16)14-15-7-12-13-8-15/h3-8H,2H2,1H3,(H,14,16). The van der Waals surface area contributed by atoms with Crippen molar-refractivity contribution in [2.45, 2.75) is 13.3 Å². The van der Waals surface area contributed by atoms with Crippen LogP contribution < -0.4 is 5.43 Å². The lowest BCUT2D eigenvalue weighted by Gasteiger charge is -2.04. The van der Waals surface area contributed by atoms with Crippen molar-refractivity contribution < 1.29 is 4.79 Å². The first kappa shape index (κ1) is 10.4. The monoisotopic (exact) mass is 216 g/mol. The van der Waals surface area contributed by atoms with Crippen molar-refractivity contribution in [1.29, 1.82) is 0 Å². The summed E-state index contributed by atoms with van der Waals surface area (Å²) in [5, 5.41) is 7.19. The lowest BCUT2D eigenvalue weighted by Crippen LogP contribution is -2.21. The first-order valence-electron chi connectivity index (χ1n) is 5.04. The number of carbonyl (C=O) groups is 1. The van der Waals surface area contributed by atoms with Gasteiger partial charge in [0.1, 0.15) is 12.7 Å². The Morgan fingerprint density at radius 1 is 1.25 bits per heavy atom. The van der Waals surface area contributed by atoms with Gasteiger partial charge < -0.3 is 0 Å². The van der Waals surface area contributed by atoms with Crippen LogP contribution >= 0.6 is 0 Å². The minimum Gasteiger partial charge on any atom is -0.267 e. The lowest BCUT2D eigenvalue weighted by molar-refractivity contribution is 0.101. The predicted octanol–water partition coefficient (Wildman–Crippen LogP) is 1.22. The SMILES string of the molecule is CCc1ccc(C(=O)Nn2cnnc2)cc1. The molecule has 16 heavy (non-hydrogen) atoms. The largest absolute Gasteiger partial charge is 0.270 e. The molecule has 0 bridgehead atoms. The molecule has 0 aliphatic carbocycles. The molecule has 0 unspecified atom stereocenters. The maximum absolute atomic E-state index is 11.7. The molecule has 5 nitrogen and oxygen atoms in total. The molecule has 0 atom stereocenters. The second kappa shape index (κ2) is 4.57. The third-order valence-corrected chi connectivity index (χ3v) is 2.27. The van der Waals surface area contributed by atoms with Crippen molar-refractivity contribution in [3.05, 3.63) is 48.0 Å². The lowest BCUT2D eigenvalue weighted by atomic mass is 10.1. The zero-order valence-electron chi connectivity index (χ0n) is 8.92. The summed E-state index contributed by atoms with van der Waals surface area (Å²) in [7, 11) is 0. The number of aromatic nitrogens is 3. The summed E-state index contributed by atoms with van der Waals surface area (Å²) >= 11 is 0. The summed E-state index contributed by atoms with van der Waals surface area (Å²) in [5.74, 6) is -0.178. The number of hydrogen-bond acceptors (Lipinski definition) is 3. The molecule has 1 aromatic heterocycles. The van der Waals surface area contributed by atoms with Crippen molar-refractivity contribution in [3.63, 3.8) is 0 Å². The van der Waals surface area contributed by atoms with E-state index < -0.39 is 0 Å². The van der Waals surface area contributed by atoms with E-state index in [-0.39, 0.29) is 5.91 Å². The molecule has 5 heteroatoms. The fourth-order valence-corrected chi connectivity index (χ4v) is 1.33. The van der Waals surface area contributed by atoms with Crippen LogP contribution in [0, 0.1) is 0 Å². The average Bonchev–Trinajstić information content (AvgIpc) is 2.82. The number of nitrogens with zero attached hydrogens (tertiary/aromatic N) is 3. The first-order valence-corrected chi connectivity index (χ1v) is 5.04. The van der Waals surface area contributed by atoms with Gasteiger partial charge in [-0.3, -0.25) is 10.2 Å². The molecule has 82 valence electrons. The zero-order valence-corrected chi connectivity index (χ0v) is 8.92. The molecule has 0 aliphatic heterocycles. The number of rotatable bonds is 3. The summed E-state index contributed by atoms with van der Waals surface area (Å²) in [4.78, 5) is 11.7. The van der Waals surface area contributed by atoms with Crippen LogP contribution in [-0.2, 0) is 6.42 Å². The second-order valence-electron chi connectivity index (χ2n) is 3.36. The summed E-state index contributed by atoms with van der Waals surface area (Å²) in [6, 6.07) is 7.50. The molecular formula is C11H12N4O. The van der Waals surface area contributed by atoms with Gasteiger partial charge in [-0.25, -0.2) is 4.68 Å². The Morgan fingerprint density at radius 2 is 1.88 bits per heavy atom. The van der Waals surface area contributed by atoms with Crippen molar-refractivity contribution in [3.8, 4) is 0 Å². The predicted molar refractivity (Wildman–Crippen MR) is 59.5 cm³/mol. The van der Waals surface area contributed by atoms with Gasteiger partial charge in [-0.05, 0) is 24.1 Å². The van der Waals surface area contributed by atoms with Crippen LogP contribution in [0.5, 0.6) is 0 Å². The van der Waals surface area contributed by atoms with Crippen LogP contribution in [0.4, 0.5) is 0 Å². The van der Waals surface area contributed by atoms with Crippen LogP contribution in [0.2, 0.25) is 0 Å². The van der Waals surface area contributed by atoms with Gasteiger partial charge in [0.05, 0.1) is 0 Å². The van der Waals surface area contributed by atoms with Crippen LogP contribution in [-0.4, -0.2) is 20.8 Å². The van der Waals surface area contributed by atoms with Crippen LogP contribution in [0.1, 0.15) is 22.8 Å². The maximum Gasteiger partial charge on any atom is 0.270 e. The maximum atomic E-state index is 11.7. The summed E-state index contributed by atoms with van der Waals surface area (Å²) in [6.45, 7) is 2.08. The Hall–Kier alpha value is -2.17. The van der Waals surface area contributed by atoms with Crippen molar-refractivity contribution in [2.24, 2.45) is 0 Å². The fraction of sp³-hybridized carbons (Fsp3) is 0.182. The van der Waals surface area contributed by atoms with E-state index in [4.69, 9.17) is 0 Å². The van der Waals surface area contributed by atoms with Crippen molar-refractivity contribution in [2.75, 3.05) is 5.43 Å². The molecule has 2 aromatic rings. The van der Waals surface area contributed by atoms with E-state index in [1.165, 1.54) is 22.9 Å². The Labute approximate surface area is 93.1 Å². The smallest absolute Gasteiger partial charge is 0.267 e. The molecule has 2 rings (SSSR count). The molecule has 0 radical (unpaired) electrons. The minimum absolute atomic E-state index is 0.178. The van der Waals surface area contributed by atoms with Gasteiger partial charge in [0.2, 0.25) is 0 Å². The quantitative estimate of drug-likeness (QED) is 0.839. The van der Waals surface area contributed by atoms with Gasteiger partial charge in [0.15, 0.2) is 0 Å². The Balaban J connectivity index is 2.09. The van der Waals surface area contributed by atoms with Gasteiger partial charge in [0.25, 0.3) is 5.91 Å². The number of benzene rings is 1. The van der Waals surface area contributed by atoms with Gasteiger partial charge in [-0.2, -0.15) is 0 Å². The fourth-order valence-electron chi connectivity index (χ4n) is 1.33. The number of amides is 1. The van der Waals surface area contributed by atoms with Gasteiger partial charge >= 0.3 is 0 Å². The molecule has 0 saturated heterocycles. The highest BCUT2D eigenvalue weighted by Crippen LogP contribution is 2.05.